The maximum absolute atomic E-state index is 12.0. The number of hydrogen-bond donors (Lipinski definition) is 0. The van der Waals surface area contributed by atoms with Crippen molar-refractivity contribution in [3.63, 3.8) is 0 Å². The van der Waals surface area contributed by atoms with E-state index in [1.165, 1.54) is 15.9 Å². The number of nitriles is 1. The monoisotopic (exact) mass is 401 g/mol. The summed E-state index contributed by atoms with van der Waals surface area (Å²) in [5.74, 6) is 2.03. The lowest BCUT2D eigenvalue weighted by molar-refractivity contribution is -0.127. The molecule has 0 aromatic heterocycles. The molecule has 0 saturated heterocycles. The lowest BCUT2D eigenvalue weighted by Gasteiger charge is -2.29. The first-order chi connectivity index (χ1) is 14.2. The van der Waals surface area contributed by atoms with E-state index in [0.717, 1.165) is 0 Å². The van der Waals surface area contributed by atoms with Gasteiger partial charge in [0.2, 0.25) is 0 Å². The fourth-order valence-electron chi connectivity index (χ4n) is 3.37. The Kier molecular flexibility index (Phi) is 7.19. The van der Waals surface area contributed by atoms with E-state index in [2.05, 4.69) is 78.6 Å². The number of ketones is 1. The van der Waals surface area contributed by atoms with Crippen LogP contribution in [0.3, 0.4) is 0 Å². The molecular formula is C25H24NO2P. The molecule has 3 rings (SSSR count). The number of hydrogen-bond acceptors (Lipinski definition) is 3. The number of carbonyl (C=O) groups excluding carboxylic acids is 1. The van der Waals surface area contributed by atoms with Crippen LogP contribution >= 0.6 is 6.89 Å². The predicted octanol–water partition coefficient (Wildman–Crippen LogP) is 3.67. The molecule has 0 N–H and O–H groups in total. The fourth-order valence-corrected chi connectivity index (χ4v) is 7.13. The summed E-state index contributed by atoms with van der Waals surface area (Å²) >= 11 is 0. The zero-order valence-corrected chi connectivity index (χ0v) is 17.3. The molecule has 0 aliphatic heterocycles. The van der Waals surface area contributed by atoms with Crippen molar-refractivity contribution in [1.29, 1.82) is 5.26 Å². The Morgan fingerprint density at radius 3 is 1.69 bits per heavy atom. The third-order valence-corrected chi connectivity index (χ3v) is 8.93. The van der Waals surface area contributed by atoms with Crippen LogP contribution in [0.5, 0.6) is 0 Å². The lowest BCUT2D eigenvalue weighted by atomic mass is 10.2. The number of nitrogens with zero attached hydrogens (tertiary/aromatic N) is 1. The molecule has 0 radical (unpaired) electrons. The first-order valence-electron chi connectivity index (χ1n) is 9.59. The van der Waals surface area contributed by atoms with E-state index in [9.17, 15) is 4.79 Å². The summed E-state index contributed by atoms with van der Waals surface area (Å²) in [7, 11) is 0. The number of carbonyl (C=O) groups is 1. The summed E-state index contributed by atoms with van der Waals surface area (Å²) in [5, 5.41) is 12.5. The summed E-state index contributed by atoms with van der Waals surface area (Å²) < 4.78 is 5.85. The van der Waals surface area contributed by atoms with E-state index < -0.39 is 13.0 Å². The van der Waals surface area contributed by atoms with Gasteiger partial charge in [-0.2, -0.15) is 5.26 Å². The van der Waals surface area contributed by atoms with Gasteiger partial charge in [0.25, 0.3) is 0 Å². The molecular weight excluding hydrogens is 377 g/mol. The highest BCUT2D eigenvalue weighted by Crippen LogP contribution is 2.43. The normalized spacial score (nSPS) is 12.0. The summed E-state index contributed by atoms with van der Waals surface area (Å²) in [6.45, 7) is -0.0477. The first-order valence-corrected chi connectivity index (χ1v) is 11.5. The minimum absolute atomic E-state index is 0.127. The highest BCUT2D eigenvalue weighted by molar-refractivity contribution is 7.94. The molecule has 0 fully saturated rings. The van der Waals surface area contributed by atoms with Crippen molar-refractivity contribution in [2.75, 3.05) is 6.61 Å². The summed E-state index contributed by atoms with van der Waals surface area (Å²) in [6.07, 6.45) is -0.729. The molecule has 3 aromatic rings. The Labute approximate surface area is 172 Å². The van der Waals surface area contributed by atoms with Crippen molar-refractivity contribution in [2.45, 2.75) is 19.4 Å². The summed E-state index contributed by atoms with van der Waals surface area (Å²) in [4.78, 5) is 12.0. The second-order valence-electron chi connectivity index (χ2n) is 6.69. The average molecular weight is 401 g/mol. The van der Waals surface area contributed by atoms with Crippen molar-refractivity contribution in [3.05, 3.63) is 91.0 Å². The lowest BCUT2D eigenvalue weighted by Crippen LogP contribution is -2.29. The van der Waals surface area contributed by atoms with E-state index in [4.69, 9.17) is 10.00 Å². The molecule has 146 valence electrons. The van der Waals surface area contributed by atoms with Gasteiger partial charge >= 0.3 is 0 Å². The Balaban J connectivity index is 2.13. The van der Waals surface area contributed by atoms with Crippen LogP contribution in [-0.4, -0.2) is 24.3 Å². The van der Waals surface area contributed by atoms with Crippen LogP contribution in [0.1, 0.15) is 13.3 Å². The van der Waals surface area contributed by atoms with Gasteiger partial charge in [-0.3, -0.25) is 4.79 Å². The van der Waals surface area contributed by atoms with Gasteiger partial charge < -0.3 is 4.74 Å². The predicted molar refractivity (Wildman–Crippen MR) is 122 cm³/mol. The van der Waals surface area contributed by atoms with Gasteiger partial charge in [0.15, 0.2) is 5.78 Å². The molecule has 1 unspecified atom stereocenters. The van der Waals surface area contributed by atoms with E-state index in [1.807, 2.05) is 24.3 Å². The molecule has 29 heavy (non-hydrogen) atoms. The van der Waals surface area contributed by atoms with Crippen LogP contribution in [-0.2, 0) is 9.53 Å². The smallest absolute Gasteiger partial charge is 0.175 e. The molecule has 0 saturated carbocycles. The zero-order chi connectivity index (χ0) is 20.5. The van der Waals surface area contributed by atoms with Gasteiger partial charge in [-0.05, 0) is 35.5 Å². The second kappa shape index (κ2) is 10.0. The number of ether oxygens (including phenoxy) is 1. The van der Waals surface area contributed by atoms with Crippen LogP contribution in [0.4, 0.5) is 0 Å². The van der Waals surface area contributed by atoms with Crippen LogP contribution in [0.25, 0.3) is 0 Å². The Morgan fingerprint density at radius 2 is 1.31 bits per heavy atom. The van der Waals surface area contributed by atoms with Crippen molar-refractivity contribution < 1.29 is 9.53 Å². The number of rotatable bonds is 8. The number of Topliss-reactive ketones (excluding diaryl/α,β-unsaturated/α-hetero) is 1. The van der Waals surface area contributed by atoms with Crippen LogP contribution < -0.4 is 15.9 Å². The molecule has 0 heterocycles. The fraction of sp³-hybridized carbons (Fsp3) is 0.160. The molecule has 0 bridgehead atoms. The van der Waals surface area contributed by atoms with Gasteiger partial charge in [-0.15, -0.1) is 0 Å². The molecule has 0 aliphatic rings. The molecule has 0 aliphatic carbocycles. The van der Waals surface area contributed by atoms with Crippen molar-refractivity contribution in [2.24, 2.45) is 0 Å². The molecule has 3 nitrogen and oxygen atoms in total. The Hall–Kier alpha value is -2.92. The first kappa shape index (κ1) is 20.8. The van der Waals surface area contributed by atoms with Gasteiger partial charge in [-0.25, -0.2) is 0 Å². The van der Waals surface area contributed by atoms with E-state index >= 15 is 0 Å². The second-order valence-corrected chi connectivity index (χ2v) is 10.0. The molecule has 0 amide bonds. The van der Waals surface area contributed by atoms with Crippen LogP contribution in [0.2, 0.25) is 0 Å². The number of benzene rings is 3. The Bertz CT molecular complexity index is 921. The standard InChI is InChI=1S/C25H24NO2P/c1-21(25(27)17-18-26)28-19-20-29(22-11-5-2-6-12-22,23-13-7-3-8-14-23)24-15-9-4-10-16-24/h2-16,20-21H,17,19H2,1H3. The summed E-state index contributed by atoms with van der Waals surface area (Å²) in [6, 6.07) is 33.3. The molecule has 3 aromatic carbocycles. The maximum atomic E-state index is 12.0. The van der Waals surface area contributed by atoms with E-state index in [1.54, 1.807) is 6.92 Å². The zero-order valence-electron chi connectivity index (χ0n) is 16.4. The SMILES string of the molecule is CC(OCC=P(c1ccccc1)(c1ccccc1)c1ccccc1)C(=O)CC#N. The van der Waals surface area contributed by atoms with Gasteiger partial charge in [0, 0.05) is 0 Å². The van der Waals surface area contributed by atoms with Crippen molar-refractivity contribution in [1.82, 2.24) is 0 Å². The minimum atomic E-state index is -2.08. The third-order valence-electron chi connectivity index (χ3n) is 4.89. The average Bonchev–Trinajstić information content (AvgIpc) is 2.78. The van der Waals surface area contributed by atoms with Gasteiger partial charge in [0.1, 0.15) is 6.10 Å². The maximum Gasteiger partial charge on any atom is 0.175 e. The van der Waals surface area contributed by atoms with Gasteiger partial charge in [0.05, 0.1) is 19.1 Å². The van der Waals surface area contributed by atoms with E-state index in [0.29, 0.717) is 6.61 Å². The summed E-state index contributed by atoms with van der Waals surface area (Å²) in [5.41, 5.74) is 0. The largest absolute Gasteiger partial charge is 0.367 e. The minimum Gasteiger partial charge on any atom is -0.367 e. The van der Waals surface area contributed by atoms with Crippen LogP contribution in [0, 0.1) is 11.3 Å². The molecule has 4 heteroatoms. The van der Waals surface area contributed by atoms with Gasteiger partial charge in [-0.1, -0.05) is 91.0 Å². The topological polar surface area (TPSA) is 50.1 Å². The Morgan fingerprint density at radius 1 is 0.897 bits per heavy atom. The molecule has 1 atom stereocenters. The van der Waals surface area contributed by atoms with Crippen molar-refractivity contribution in [3.8, 4) is 6.07 Å². The third kappa shape index (κ3) is 4.74. The molecule has 0 spiro atoms. The highest BCUT2D eigenvalue weighted by atomic mass is 31.2. The highest BCUT2D eigenvalue weighted by Gasteiger charge is 2.24. The van der Waals surface area contributed by atoms with E-state index in [-0.39, 0.29) is 12.2 Å². The van der Waals surface area contributed by atoms with Crippen LogP contribution in [0.15, 0.2) is 91.0 Å². The quantitative estimate of drug-likeness (QED) is 0.541. The van der Waals surface area contributed by atoms with Crippen molar-refractivity contribution >= 4 is 34.4 Å².